The molecule has 0 bridgehead atoms. The van der Waals surface area contributed by atoms with Crippen molar-refractivity contribution in [1.82, 2.24) is 4.90 Å². The van der Waals surface area contributed by atoms with E-state index >= 15 is 0 Å². The zero-order chi connectivity index (χ0) is 22.0. The van der Waals surface area contributed by atoms with Gasteiger partial charge in [0, 0.05) is 23.9 Å². The van der Waals surface area contributed by atoms with E-state index in [1.54, 1.807) is 0 Å². The number of hydrogen-bond donors (Lipinski definition) is 1. The van der Waals surface area contributed by atoms with Gasteiger partial charge in [-0.1, -0.05) is 76.6 Å². The number of halogens is 1. The van der Waals surface area contributed by atoms with Gasteiger partial charge in [-0.2, -0.15) is 0 Å². The van der Waals surface area contributed by atoms with Crippen molar-refractivity contribution in [2.24, 2.45) is 0 Å². The van der Waals surface area contributed by atoms with Crippen LogP contribution in [0.2, 0.25) is 0 Å². The first-order chi connectivity index (χ1) is 15.0. The molecule has 1 atom stereocenters. The third-order valence-electron chi connectivity index (χ3n) is 5.69. The van der Waals surface area contributed by atoms with Crippen molar-refractivity contribution < 1.29 is 19.4 Å². The molecule has 31 heavy (non-hydrogen) atoms. The highest BCUT2D eigenvalue weighted by atomic mass is 79.9. The number of ether oxygens (including phenoxy) is 1. The van der Waals surface area contributed by atoms with Crippen molar-refractivity contribution in [1.29, 1.82) is 0 Å². The maximum absolute atomic E-state index is 12.8. The molecular formula is C25H22BrNO4. The van der Waals surface area contributed by atoms with Crippen molar-refractivity contribution in [2.75, 3.05) is 13.7 Å². The molecule has 6 heteroatoms. The fourth-order valence-electron chi connectivity index (χ4n) is 4.10. The van der Waals surface area contributed by atoms with Gasteiger partial charge >= 0.3 is 12.1 Å². The Labute approximate surface area is 189 Å². The number of fused-ring (bicyclic) bond motifs is 3. The Kier molecular flexibility index (Phi) is 6.09. The van der Waals surface area contributed by atoms with E-state index in [1.165, 1.54) is 7.05 Å². The fourth-order valence-corrected chi connectivity index (χ4v) is 4.55. The van der Waals surface area contributed by atoms with Crippen LogP contribution in [0.15, 0.2) is 77.3 Å². The van der Waals surface area contributed by atoms with Crippen molar-refractivity contribution in [3.8, 4) is 11.1 Å². The van der Waals surface area contributed by atoms with Gasteiger partial charge in [-0.05, 0) is 39.9 Å². The third kappa shape index (κ3) is 4.35. The number of nitrogens with zero attached hydrogens (tertiary/aromatic N) is 1. The van der Waals surface area contributed by atoms with E-state index < -0.39 is 18.1 Å². The first kappa shape index (κ1) is 21.1. The SMILES string of the molecule is CN(C(=O)OCC1c2ccccc2-c2ccccc21)[C@@H](Cc1cccc(Br)c1)C(=O)O. The van der Waals surface area contributed by atoms with Crippen LogP contribution in [0.3, 0.4) is 0 Å². The van der Waals surface area contributed by atoms with Crippen molar-refractivity contribution >= 4 is 28.0 Å². The van der Waals surface area contributed by atoms with E-state index in [1.807, 2.05) is 60.7 Å². The number of aliphatic carboxylic acids is 1. The summed E-state index contributed by atoms with van der Waals surface area (Å²) in [5, 5.41) is 9.70. The second kappa shape index (κ2) is 8.94. The van der Waals surface area contributed by atoms with E-state index in [9.17, 15) is 14.7 Å². The number of amides is 1. The lowest BCUT2D eigenvalue weighted by Gasteiger charge is -2.25. The fraction of sp³-hybridized carbons (Fsp3) is 0.200. The topological polar surface area (TPSA) is 66.8 Å². The first-order valence-electron chi connectivity index (χ1n) is 10.0. The van der Waals surface area contributed by atoms with Crippen LogP contribution in [0.5, 0.6) is 0 Å². The molecule has 1 N–H and O–H groups in total. The Bertz CT molecular complexity index is 1080. The van der Waals surface area contributed by atoms with Gasteiger partial charge in [0.1, 0.15) is 12.6 Å². The average Bonchev–Trinajstić information content (AvgIpc) is 3.09. The number of carbonyl (C=O) groups is 2. The molecule has 1 aliphatic rings. The van der Waals surface area contributed by atoms with Crippen LogP contribution >= 0.6 is 15.9 Å². The van der Waals surface area contributed by atoms with Crippen LogP contribution in [0, 0.1) is 0 Å². The average molecular weight is 480 g/mol. The highest BCUT2D eigenvalue weighted by molar-refractivity contribution is 9.10. The Morgan fingerprint density at radius 1 is 1.00 bits per heavy atom. The first-order valence-corrected chi connectivity index (χ1v) is 10.8. The summed E-state index contributed by atoms with van der Waals surface area (Å²) in [6.07, 6.45) is -0.459. The van der Waals surface area contributed by atoms with Gasteiger partial charge in [0.05, 0.1) is 0 Å². The molecule has 0 aliphatic heterocycles. The van der Waals surface area contributed by atoms with Gasteiger partial charge in [0.2, 0.25) is 0 Å². The lowest BCUT2D eigenvalue weighted by molar-refractivity contribution is -0.142. The molecule has 0 spiro atoms. The summed E-state index contributed by atoms with van der Waals surface area (Å²) >= 11 is 3.39. The van der Waals surface area contributed by atoms with Gasteiger partial charge in [-0.3, -0.25) is 4.90 Å². The predicted octanol–water partition coefficient (Wildman–Crippen LogP) is 5.33. The zero-order valence-electron chi connectivity index (χ0n) is 17.0. The summed E-state index contributed by atoms with van der Waals surface area (Å²) < 4.78 is 6.47. The number of likely N-dealkylation sites (N-methyl/N-ethyl adjacent to an activating group) is 1. The molecule has 158 valence electrons. The van der Waals surface area contributed by atoms with E-state index in [0.29, 0.717) is 0 Å². The van der Waals surface area contributed by atoms with E-state index in [0.717, 1.165) is 37.2 Å². The molecule has 0 saturated carbocycles. The van der Waals surface area contributed by atoms with E-state index in [-0.39, 0.29) is 18.9 Å². The largest absolute Gasteiger partial charge is 0.480 e. The molecule has 0 fully saturated rings. The molecule has 0 saturated heterocycles. The highest BCUT2D eigenvalue weighted by Gasteiger charge is 2.32. The van der Waals surface area contributed by atoms with Gasteiger partial charge < -0.3 is 9.84 Å². The maximum Gasteiger partial charge on any atom is 0.410 e. The molecule has 1 aliphatic carbocycles. The van der Waals surface area contributed by atoms with Crippen LogP contribution in [-0.4, -0.2) is 41.8 Å². The minimum Gasteiger partial charge on any atom is -0.480 e. The smallest absolute Gasteiger partial charge is 0.410 e. The number of carboxylic acids is 1. The zero-order valence-corrected chi connectivity index (χ0v) is 18.6. The molecular weight excluding hydrogens is 458 g/mol. The number of benzene rings is 3. The Hall–Kier alpha value is -3.12. The molecule has 3 aromatic carbocycles. The Balaban J connectivity index is 1.48. The van der Waals surface area contributed by atoms with Crippen LogP contribution in [0.1, 0.15) is 22.6 Å². The number of rotatable bonds is 6. The quantitative estimate of drug-likeness (QED) is 0.518. The second-order valence-electron chi connectivity index (χ2n) is 7.60. The van der Waals surface area contributed by atoms with Crippen LogP contribution in [-0.2, 0) is 16.0 Å². The molecule has 4 rings (SSSR count). The van der Waals surface area contributed by atoms with Crippen LogP contribution in [0.25, 0.3) is 11.1 Å². The summed E-state index contributed by atoms with van der Waals surface area (Å²) in [7, 11) is 1.47. The second-order valence-corrected chi connectivity index (χ2v) is 8.52. The Morgan fingerprint density at radius 2 is 1.61 bits per heavy atom. The molecule has 5 nitrogen and oxygen atoms in total. The summed E-state index contributed by atoms with van der Waals surface area (Å²) in [4.78, 5) is 25.8. The minimum absolute atomic E-state index is 0.0712. The normalized spacial score (nSPS) is 13.2. The molecule has 0 heterocycles. The predicted molar refractivity (Wildman–Crippen MR) is 122 cm³/mol. The molecule has 1 amide bonds. The molecule has 3 aromatic rings. The van der Waals surface area contributed by atoms with Gasteiger partial charge in [0.15, 0.2) is 0 Å². The Morgan fingerprint density at radius 3 is 2.19 bits per heavy atom. The third-order valence-corrected chi connectivity index (χ3v) is 6.19. The van der Waals surface area contributed by atoms with Gasteiger partial charge in [-0.15, -0.1) is 0 Å². The summed E-state index contributed by atoms with van der Waals surface area (Å²) in [5.74, 6) is -1.14. The van der Waals surface area contributed by atoms with E-state index in [2.05, 4.69) is 28.1 Å². The van der Waals surface area contributed by atoms with Crippen LogP contribution < -0.4 is 0 Å². The van der Waals surface area contributed by atoms with Crippen LogP contribution in [0.4, 0.5) is 4.79 Å². The lowest BCUT2D eigenvalue weighted by atomic mass is 9.98. The molecule has 0 radical (unpaired) electrons. The summed E-state index contributed by atoms with van der Waals surface area (Å²) in [6, 6.07) is 22.6. The lowest BCUT2D eigenvalue weighted by Crippen LogP contribution is -2.44. The van der Waals surface area contributed by atoms with Crippen molar-refractivity contribution in [3.63, 3.8) is 0 Å². The number of carbonyl (C=O) groups excluding carboxylic acids is 1. The number of hydrogen-bond acceptors (Lipinski definition) is 3. The molecule has 0 unspecified atom stereocenters. The number of carboxylic acid groups (broad SMARTS) is 1. The van der Waals surface area contributed by atoms with Gasteiger partial charge in [-0.25, -0.2) is 9.59 Å². The monoisotopic (exact) mass is 479 g/mol. The summed E-state index contributed by atoms with van der Waals surface area (Å²) in [5.41, 5.74) is 5.34. The maximum atomic E-state index is 12.8. The standard InChI is InChI=1S/C25H22BrNO4/c1-27(23(24(28)29)14-16-7-6-8-17(26)13-16)25(30)31-15-22-20-11-4-2-9-18(20)19-10-3-5-12-21(19)22/h2-13,22-23H,14-15H2,1H3,(H,28,29)/t23-/m0/s1. The van der Waals surface area contributed by atoms with Gasteiger partial charge in [0.25, 0.3) is 0 Å². The highest BCUT2D eigenvalue weighted by Crippen LogP contribution is 2.44. The van der Waals surface area contributed by atoms with Crippen molar-refractivity contribution in [2.45, 2.75) is 18.4 Å². The summed E-state index contributed by atoms with van der Waals surface area (Å²) in [6.45, 7) is 0.153. The van der Waals surface area contributed by atoms with Crippen molar-refractivity contribution in [3.05, 3.63) is 94.0 Å². The van der Waals surface area contributed by atoms with E-state index in [4.69, 9.17) is 4.74 Å². The molecule has 0 aromatic heterocycles. The minimum atomic E-state index is -1.07.